The number of anilines is 1. The average molecular weight is 276 g/mol. The SMILES string of the molecule is Cc1ccc(NC(C#N)c2cc(F)c(F)c(F)c2)cc1. The molecule has 0 aromatic heterocycles. The van der Waals surface area contributed by atoms with Gasteiger partial charge in [-0.2, -0.15) is 5.26 Å². The maximum absolute atomic E-state index is 13.2. The maximum Gasteiger partial charge on any atom is 0.194 e. The van der Waals surface area contributed by atoms with Gasteiger partial charge in [-0.25, -0.2) is 13.2 Å². The van der Waals surface area contributed by atoms with Crippen molar-refractivity contribution in [3.8, 4) is 6.07 Å². The van der Waals surface area contributed by atoms with Crippen molar-refractivity contribution < 1.29 is 13.2 Å². The standard InChI is InChI=1S/C15H11F3N2/c1-9-2-4-11(5-3-9)20-14(8-19)10-6-12(16)15(18)13(17)7-10/h2-7,14,20H,1H3. The van der Waals surface area contributed by atoms with Crippen LogP contribution < -0.4 is 5.32 Å². The zero-order chi connectivity index (χ0) is 14.7. The summed E-state index contributed by atoms with van der Waals surface area (Å²) in [5, 5.41) is 11.9. The van der Waals surface area contributed by atoms with Crippen LogP contribution in [0.2, 0.25) is 0 Å². The summed E-state index contributed by atoms with van der Waals surface area (Å²) in [5.74, 6) is -4.17. The van der Waals surface area contributed by atoms with Gasteiger partial charge < -0.3 is 5.32 Å². The molecule has 2 aromatic carbocycles. The summed E-state index contributed by atoms with van der Waals surface area (Å²) in [4.78, 5) is 0. The Bertz CT molecular complexity index is 637. The molecule has 0 saturated carbocycles. The Morgan fingerprint density at radius 2 is 1.60 bits per heavy atom. The van der Waals surface area contributed by atoms with Gasteiger partial charge in [0.2, 0.25) is 0 Å². The molecule has 0 saturated heterocycles. The normalized spacial score (nSPS) is 11.8. The van der Waals surface area contributed by atoms with Gasteiger partial charge in [0, 0.05) is 5.69 Å². The minimum absolute atomic E-state index is 0.0319. The second-order valence-corrected chi connectivity index (χ2v) is 4.37. The first-order valence-corrected chi connectivity index (χ1v) is 5.88. The van der Waals surface area contributed by atoms with Gasteiger partial charge in [0.25, 0.3) is 0 Å². The van der Waals surface area contributed by atoms with Crippen LogP contribution in [0, 0.1) is 35.7 Å². The molecule has 0 spiro atoms. The molecule has 0 heterocycles. The second kappa shape index (κ2) is 5.66. The third-order valence-corrected chi connectivity index (χ3v) is 2.83. The van der Waals surface area contributed by atoms with Gasteiger partial charge in [-0.15, -0.1) is 0 Å². The van der Waals surface area contributed by atoms with Crippen LogP contribution in [0.15, 0.2) is 36.4 Å². The number of hydrogen-bond donors (Lipinski definition) is 1. The largest absolute Gasteiger partial charge is 0.366 e. The first kappa shape index (κ1) is 13.9. The molecular weight excluding hydrogens is 265 g/mol. The Balaban J connectivity index is 2.29. The van der Waals surface area contributed by atoms with Crippen molar-refractivity contribution in [2.24, 2.45) is 0 Å². The van der Waals surface area contributed by atoms with E-state index in [-0.39, 0.29) is 5.56 Å². The summed E-state index contributed by atoms with van der Waals surface area (Å²) in [6, 6.07) is 9.71. The van der Waals surface area contributed by atoms with E-state index in [0.29, 0.717) is 5.69 Å². The number of nitrogens with zero attached hydrogens (tertiary/aromatic N) is 1. The Morgan fingerprint density at radius 3 is 2.10 bits per heavy atom. The smallest absolute Gasteiger partial charge is 0.194 e. The molecule has 2 rings (SSSR count). The molecule has 0 radical (unpaired) electrons. The van der Waals surface area contributed by atoms with Crippen LogP contribution >= 0.6 is 0 Å². The predicted molar refractivity (Wildman–Crippen MR) is 69.5 cm³/mol. The van der Waals surface area contributed by atoms with E-state index in [1.807, 2.05) is 25.1 Å². The van der Waals surface area contributed by atoms with Gasteiger partial charge in [-0.05, 0) is 36.8 Å². The quantitative estimate of drug-likeness (QED) is 0.857. The van der Waals surface area contributed by atoms with Gasteiger partial charge in [0.1, 0.15) is 6.04 Å². The lowest BCUT2D eigenvalue weighted by Crippen LogP contribution is -2.10. The van der Waals surface area contributed by atoms with Crippen molar-refractivity contribution in [1.82, 2.24) is 0 Å². The molecule has 0 aliphatic carbocycles. The lowest BCUT2D eigenvalue weighted by Gasteiger charge is -2.14. The lowest BCUT2D eigenvalue weighted by molar-refractivity contribution is 0.445. The molecule has 0 fully saturated rings. The molecule has 2 nitrogen and oxygen atoms in total. The lowest BCUT2D eigenvalue weighted by atomic mass is 10.1. The van der Waals surface area contributed by atoms with E-state index in [1.54, 1.807) is 12.1 Å². The van der Waals surface area contributed by atoms with E-state index >= 15 is 0 Å². The van der Waals surface area contributed by atoms with E-state index in [9.17, 15) is 13.2 Å². The molecule has 0 aliphatic heterocycles. The third-order valence-electron chi connectivity index (χ3n) is 2.83. The number of aryl methyl sites for hydroxylation is 1. The highest BCUT2D eigenvalue weighted by Crippen LogP contribution is 2.23. The van der Waals surface area contributed by atoms with Gasteiger partial charge >= 0.3 is 0 Å². The van der Waals surface area contributed by atoms with Crippen LogP contribution in [-0.2, 0) is 0 Å². The van der Waals surface area contributed by atoms with Crippen molar-refractivity contribution in [2.45, 2.75) is 13.0 Å². The highest BCUT2D eigenvalue weighted by Gasteiger charge is 2.17. The predicted octanol–water partition coefficient (Wildman–Crippen LogP) is 4.09. The van der Waals surface area contributed by atoms with Crippen molar-refractivity contribution in [2.75, 3.05) is 5.32 Å². The van der Waals surface area contributed by atoms with Crippen LogP contribution in [0.25, 0.3) is 0 Å². The van der Waals surface area contributed by atoms with E-state index < -0.39 is 23.5 Å². The van der Waals surface area contributed by atoms with E-state index in [0.717, 1.165) is 17.7 Å². The van der Waals surface area contributed by atoms with E-state index in [2.05, 4.69) is 5.32 Å². The summed E-state index contributed by atoms with van der Waals surface area (Å²) in [6.45, 7) is 1.91. The van der Waals surface area contributed by atoms with Crippen LogP contribution in [-0.4, -0.2) is 0 Å². The number of hydrogen-bond acceptors (Lipinski definition) is 2. The minimum atomic E-state index is -1.54. The number of rotatable bonds is 3. The first-order valence-electron chi connectivity index (χ1n) is 5.88. The number of halogens is 3. The molecule has 0 aliphatic rings. The van der Waals surface area contributed by atoms with Crippen molar-refractivity contribution >= 4 is 5.69 Å². The van der Waals surface area contributed by atoms with E-state index in [4.69, 9.17) is 5.26 Å². The van der Waals surface area contributed by atoms with Gasteiger partial charge in [-0.1, -0.05) is 17.7 Å². The van der Waals surface area contributed by atoms with Crippen LogP contribution in [0.4, 0.5) is 18.9 Å². The van der Waals surface area contributed by atoms with Gasteiger partial charge in [-0.3, -0.25) is 0 Å². The van der Waals surface area contributed by atoms with Crippen molar-refractivity contribution in [1.29, 1.82) is 5.26 Å². The first-order chi connectivity index (χ1) is 9.51. The molecule has 0 amide bonds. The summed E-state index contributed by atoms with van der Waals surface area (Å²) >= 11 is 0. The summed E-state index contributed by atoms with van der Waals surface area (Å²) in [7, 11) is 0. The summed E-state index contributed by atoms with van der Waals surface area (Å²) in [6.07, 6.45) is 0. The second-order valence-electron chi connectivity index (χ2n) is 4.37. The molecule has 1 N–H and O–H groups in total. The molecule has 1 atom stereocenters. The highest BCUT2D eigenvalue weighted by atomic mass is 19.2. The van der Waals surface area contributed by atoms with Crippen molar-refractivity contribution in [3.05, 3.63) is 65.0 Å². The Morgan fingerprint density at radius 1 is 1.05 bits per heavy atom. The fourth-order valence-electron chi connectivity index (χ4n) is 1.75. The number of nitrogens with one attached hydrogen (secondary N) is 1. The monoisotopic (exact) mass is 276 g/mol. The Labute approximate surface area is 114 Å². The highest BCUT2D eigenvalue weighted by molar-refractivity contribution is 5.48. The molecule has 20 heavy (non-hydrogen) atoms. The fraction of sp³-hybridized carbons (Fsp3) is 0.133. The minimum Gasteiger partial charge on any atom is -0.366 e. The van der Waals surface area contributed by atoms with Crippen LogP contribution in [0.1, 0.15) is 17.2 Å². The molecule has 5 heteroatoms. The topological polar surface area (TPSA) is 35.8 Å². The summed E-state index contributed by atoms with van der Waals surface area (Å²) in [5.41, 5.74) is 1.71. The average Bonchev–Trinajstić information content (AvgIpc) is 2.43. The Kier molecular flexibility index (Phi) is 3.94. The molecule has 2 aromatic rings. The van der Waals surface area contributed by atoms with Crippen LogP contribution in [0.5, 0.6) is 0 Å². The number of nitriles is 1. The molecule has 0 bridgehead atoms. The molecular formula is C15H11F3N2. The van der Waals surface area contributed by atoms with Crippen molar-refractivity contribution in [3.63, 3.8) is 0 Å². The summed E-state index contributed by atoms with van der Waals surface area (Å²) < 4.78 is 39.2. The number of benzene rings is 2. The van der Waals surface area contributed by atoms with Gasteiger partial charge in [0.05, 0.1) is 6.07 Å². The maximum atomic E-state index is 13.2. The van der Waals surface area contributed by atoms with E-state index in [1.165, 1.54) is 0 Å². The zero-order valence-corrected chi connectivity index (χ0v) is 10.6. The van der Waals surface area contributed by atoms with Crippen LogP contribution in [0.3, 0.4) is 0 Å². The molecule has 102 valence electrons. The third kappa shape index (κ3) is 2.91. The molecule has 1 unspecified atom stereocenters. The Hall–Kier alpha value is -2.48. The zero-order valence-electron chi connectivity index (χ0n) is 10.6. The van der Waals surface area contributed by atoms with Gasteiger partial charge in [0.15, 0.2) is 17.5 Å². The fourth-order valence-corrected chi connectivity index (χ4v) is 1.75.